The van der Waals surface area contributed by atoms with Gasteiger partial charge in [0.2, 0.25) is 0 Å². The van der Waals surface area contributed by atoms with Crippen molar-refractivity contribution in [2.75, 3.05) is 11.9 Å². The second kappa shape index (κ2) is 7.55. The number of para-hydroxylation sites is 1. The molecule has 0 atom stereocenters. The van der Waals surface area contributed by atoms with Gasteiger partial charge in [0.25, 0.3) is 0 Å². The molecule has 0 amide bonds. The Bertz CT molecular complexity index is 924. The molecule has 1 aromatic heterocycles. The summed E-state index contributed by atoms with van der Waals surface area (Å²) >= 11 is 0. The fourth-order valence-corrected chi connectivity index (χ4v) is 3.52. The zero-order valence-corrected chi connectivity index (χ0v) is 17.3. The van der Waals surface area contributed by atoms with Crippen LogP contribution in [-0.4, -0.2) is 22.0 Å². The number of aromatic nitrogens is 3. The Balaban J connectivity index is 0.00000102. The Morgan fingerprint density at radius 1 is 0.963 bits per heavy atom. The molecule has 0 spiro atoms. The van der Waals surface area contributed by atoms with Crippen LogP contribution in [-0.2, 0) is 12.1 Å². The van der Waals surface area contributed by atoms with Gasteiger partial charge in [-0.3, -0.25) is 0 Å². The van der Waals surface area contributed by atoms with E-state index < -0.39 is 0 Å². The lowest BCUT2D eigenvalue weighted by atomic mass is 9.94. The lowest BCUT2D eigenvalue weighted by Crippen LogP contribution is -2.28. The molecule has 0 saturated heterocycles. The maximum Gasteiger partial charge on any atom is 0.121 e. The van der Waals surface area contributed by atoms with Gasteiger partial charge in [-0.25, -0.2) is 4.68 Å². The SMILES string of the molecule is CC.CCC(C)(C)n1nnc2c1-c1ccccc1N(C)Cc1ccccc1-2. The largest absolute Gasteiger partial charge is 0.370 e. The smallest absolute Gasteiger partial charge is 0.121 e. The first-order valence-corrected chi connectivity index (χ1v) is 9.88. The first kappa shape index (κ1) is 19.2. The van der Waals surface area contributed by atoms with E-state index in [1.807, 2.05) is 13.8 Å². The van der Waals surface area contributed by atoms with Gasteiger partial charge in [-0.2, -0.15) is 0 Å². The first-order chi connectivity index (χ1) is 13.0. The molecule has 3 aromatic rings. The molecule has 0 aliphatic carbocycles. The van der Waals surface area contributed by atoms with Gasteiger partial charge < -0.3 is 4.90 Å². The van der Waals surface area contributed by atoms with Crippen molar-refractivity contribution in [1.82, 2.24) is 15.0 Å². The average Bonchev–Trinajstić information content (AvgIpc) is 3.14. The standard InChI is InChI=1S/C21H24N4.C2H6/c1-5-21(2,3)25-20-17-12-8-9-13-18(17)24(4)14-15-10-6-7-11-16(15)19(20)22-23-25;1-2/h6-13H,5,14H2,1-4H3;1-2H3. The van der Waals surface area contributed by atoms with E-state index in [0.717, 1.165) is 24.4 Å². The highest BCUT2D eigenvalue weighted by molar-refractivity contribution is 5.88. The van der Waals surface area contributed by atoms with Crippen LogP contribution in [0.15, 0.2) is 48.5 Å². The van der Waals surface area contributed by atoms with Gasteiger partial charge >= 0.3 is 0 Å². The predicted octanol–water partition coefficient (Wildman–Crippen LogP) is 5.73. The lowest BCUT2D eigenvalue weighted by Gasteiger charge is -2.30. The van der Waals surface area contributed by atoms with Crippen molar-refractivity contribution in [3.8, 4) is 22.5 Å². The summed E-state index contributed by atoms with van der Waals surface area (Å²) in [6.45, 7) is 11.5. The van der Waals surface area contributed by atoms with Gasteiger partial charge in [-0.15, -0.1) is 5.10 Å². The number of nitrogens with zero attached hydrogens (tertiary/aromatic N) is 4. The molecular weight excluding hydrogens is 332 g/mol. The summed E-state index contributed by atoms with van der Waals surface area (Å²) < 4.78 is 2.11. The average molecular weight is 363 g/mol. The minimum Gasteiger partial charge on any atom is -0.370 e. The number of rotatable bonds is 2. The number of benzene rings is 2. The zero-order valence-electron chi connectivity index (χ0n) is 17.3. The second-order valence-electron chi connectivity index (χ2n) is 7.39. The molecule has 4 heteroatoms. The molecule has 27 heavy (non-hydrogen) atoms. The first-order valence-electron chi connectivity index (χ1n) is 9.88. The van der Waals surface area contributed by atoms with E-state index in [4.69, 9.17) is 0 Å². The highest BCUT2D eigenvalue weighted by atomic mass is 15.5. The van der Waals surface area contributed by atoms with Gasteiger partial charge in [0.05, 0.1) is 11.2 Å². The third-order valence-electron chi connectivity index (χ3n) is 5.36. The van der Waals surface area contributed by atoms with Gasteiger partial charge in [0, 0.05) is 30.4 Å². The van der Waals surface area contributed by atoms with E-state index in [0.29, 0.717) is 0 Å². The van der Waals surface area contributed by atoms with Crippen LogP contribution in [0.1, 0.15) is 46.6 Å². The second-order valence-corrected chi connectivity index (χ2v) is 7.39. The van der Waals surface area contributed by atoms with Crippen LogP contribution in [0.3, 0.4) is 0 Å². The van der Waals surface area contributed by atoms with Crippen molar-refractivity contribution in [3.63, 3.8) is 0 Å². The fourth-order valence-electron chi connectivity index (χ4n) is 3.52. The molecule has 0 unspecified atom stereocenters. The van der Waals surface area contributed by atoms with Gasteiger partial charge in [0.1, 0.15) is 5.69 Å². The minimum absolute atomic E-state index is 0.0968. The molecule has 0 fully saturated rings. The molecule has 0 N–H and O–H groups in total. The van der Waals surface area contributed by atoms with E-state index in [9.17, 15) is 0 Å². The van der Waals surface area contributed by atoms with E-state index in [1.165, 1.54) is 22.4 Å². The maximum absolute atomic E-state index is 4.63. The van der Waals surface area contributed by atoms with Crippen LogP contribution in [0.25, 0.3) is 22.5 Å². The normalized spacial score (nSPS) is 12.7. The van der Waals surface area contributed by atoms with Gasteiger partial charge in [-0.1, -0.05) is 68.4 Å². The summed E-state index contributed by atoms with van der Waals surface area (Å²) in [5, 5.41) is 9.23. The maximum atomic E-state index is 4.63. The third-order valence-corrected chi connectivity index (χ3v) is 5.36. The van der Waals surface area contributed by atoms with Crippen molar-refractivity contribution < 1.29 is 0 Å². The Kier molecular flexibility index (Phi) is 5.36. The summed E-state index contributed by atoms with van der Waals surface area (Å²) in [4.78, 5) is 2.31. The van der Waals surface area contributed by atoms with Crippen molar-refractivity contribution >= 4 is 5.69 Å². The zero-order chi connectivity index (χ0) is 19.6. The Morgan fingerprint density at radius 3 is 2.30 bits per heavy atom. The summed E-state index contributed by atoms with van der Waals surface area (Å²) in [7, 11) is 2.15. The molecule has 1 aliphatic heterocycles. The monoisotopic (exact) mass is 362 g/mol. The molecule has 1 aliphatic rings. The van der Waals surface area contributed by atoms with E-state index in [1.54, 1.807) is 0 Å². The topological polar surface area (TPSA) is 34.0 Å². The molecule has 2 aromatic carbocycles. The molecular formula is C23H30N4. The van der Waals surface area contributed by atoms with Crippen LogP contribution in [0.5, 0.6) is 0 Å². The molecule has 4 nitrogen and oxygen atoms in total. The minimum atomic E-state index is -0.0968. The van der Waals surface area contributed by atoms with Crippen LogP contribution in [0.4, 0.5) is 5.69 Å². The number of fused-ring (bicyclic) bond motifs is 5. The molecule has 0 bridgehead atoms. The van der Waals surface area contributed by atoms with Crippen molar-refractivity contribution in [2.45, 2.75) is 53.1 Å². The third kappa shape index (κ3) is 3.25. The predicted molar refractivity (Wildman–Crippen MR) is 114 cm³/mol. The van der Waals surface area contributed by atoms with Gasteiger partial charge in [-0.05, 0) is 31.9 Å². The van der Waals surface area contributed by atoms with Crippen molar-refractivity contribution in [3.05, 3.63) is 54.1 Å². The van der Waals surface area contributed by atoms with Crippen LogP contribution in [0.2, 0.25) is 0 Å². The Labute approximate surface area is 162 Å². The molecule has 2 heterocycles. The van der Waals surface area contributed by atoms with Crippen molar-refractivity contribution in [1.29, 1.82) is 0 Å². The molecule has 0 radical (unpaired) electrons. The number of hydrogen-bond acceptors (Lipinski definition) is 3. The van der Waals surface area contributed by atoms with E-state index in [2.05, 4.69) is 96.2 Å². The highest BCUT2D eigenvalue weighted by Gasteiger charge is 2.30. The van der Waals surface area contributed by atoms with E-state index in [-0.39, 0.29) is 5.54 Å². The number of hydrogen-bond donors (Lipinski definition) is 0. The fraction of sp³-hybridized carbons (Fsp3) is 0.391. The lowest BCUT2D eigenvalue weighted by molar-refractivity contribution is 0.305. The van der Waals surface area contributed by atoms with Crippen LogP contribution in [0, 0.1) is 0 Å². The molecule has 0 saturated carbocycles. The van der Waals surface area contributed by atoms with Gasteiger partial charge in [0.15, 0.2) is 0 Å². The van der Waals surface area contributed by atoms with E-state index >= 15 is 0 Å². The summed E-state index contributed by atoms with van der Waals surface area (Å²) in [5.74, 6) is 0. The Hall–Kier alpha value is -2.62. The van der Waals surface area contributed by atoms with Crippen LogP contribution >= 0.6 is 0 Å². The Morgan fingerprint density at radius 2 is 1.59 bits per heavy atom. The summed E-state index contributed by atoms with van der Waals surface area (Å²) in [6.07, 6.45) is 0.989. The van der Waals surface area contributed by atoms with Crippen LogP contribution < -0.4 is 4.90 Å². The molecule has 4 rings (SSSR count). The van der Waals surface area contributed by atoms with Crippen molar-refractivity contribution in [2.24, 2.45) is 0 Å². The molecule has 142 valence electrons. The highest BCUT2D eigenvalue weighted by Crippen LogP contribution is 2.42. The summed E-state index contributed by atoms with van der Waals surface area (Å²) in [6, 6.07) is 17.1. The quantitative estimate of drug-likeness (QED) is 0.583. The number of anilines is 1. The summed E-state index contributed by atoms with van der Waals surface area (Å²) in [5.41, 5.74) is 6.87.